The molecule has 4 aromatic heterocycles. The number of benzene rings is 2. The van der Waals surface area contributed by atoms with Gasteiger partial charge in [-0.25, -0.2) is 23.9 Å². The number of piperidine rings is 1. The predicted octanol–water partition coefficient (Wildman–Crippen LogP) is 9.27. The van der Waals surface area contributed by atoms with Gasteiger partial charge in [0.05, 0.1) is 71.7 Å². The van der Waals surface area contributed by atoms with Crippen LogP contribution in [0.1, 0.15) is 106 Å². The first-order valence-corrected chi connectivity index (χ1v) is 25.3. The summed E-state index contributed by atoms with van der Waals surface area (Å²) >= 11 is 1.73. The molecule has 0 radical (unpaired) electrons. The van der Waals surface area contributed by atoms with E-state index in [-0.39, 0.29) is 41.8 Å². The molecule has 4 N–H and O–H groups in total. The lowest BCUT2D eigenvalue weighted by Crippen LogP contribution is -2.52. The molecule has 11 rings (SSSR count). The van der Waals surface area contributed by atoms with Crippen LogP contribution >= 0.6 is 11.3 Å². The molecule has 18 heteroatoms. The number of aromatic amines is 2. The quantitative estimate of drug-likeness (QED) is 0.0875. The van der Waals surface area contributed by atoms with E-state index >= 15 is 4.39 Å². The lowest BCUT2D eigenvalue weighted by molar-refractivity contribution is -0.137. The van der Waals surface area contributed by atoms with Gasteiger partial charge < -0.3 is 44.6 Å². The maximum atomic E-state index is 17.0. The number of amides is 4. The number of hydrogen-bond acceptors (Lipinski definition) is 10. The molecule has 1 unspecified atom stereocenters. The summed E-state index contributed by atoms with van der Waals surface area (Å²) in [6.07, 6.45) is 8.29. The van der Waals surface area contributed by atoms with Gasteiger partial charge in [-0.2, -0.15) is 0 Å². The van der Waals surface area contributed by atoms with Crippen molar-refractivity contribution in [2.75, 3.05) is 20.8 Å². The Morgan fingerprint density at radius 3 is 2.20 bits per heavy atom. The first-order chi connectivity index (χ1) is 33.8. The lowest BCUT2D eigenvalue weighted by atomic mass is 10.0. The van der Waals surface area contributed by atoms with E-state index in [9.17, 15) is 19.2 Å². The number of thiophene rings is 1. The SMILES string of the molecule is COC(=O)N[C@H](C(=O)N1CCC[C@H]1c1ncc(-c2cc(F)c3c(c2)OC(c2ccc(CC4CC4)s2)n2c-3cc3cc(-c4cnc([C@@H]5C[C@H]6C[C@H]6N5C(=O)[C@@H](NC(=O)OC)C(C)C)[nH]4)ccc32)[nH]1)C(C)C. The Labute approximate surface area is 408 Å². The van der Waals surface area contributed by atoms with Gasteiger partial charge in [0.2, 0.25) is 18.0 Å². The summed E-state index contributed by atoms with van der Waals surface area (Å²) in [5.41, 5.74) is 4.74. The monoisotopic (exact) mass is 971 g/mol. The Morgan fingerprint density at radius 2 is 1.51 bits per heavy atom. The highest BCUT2D eigenvalue weighted by Crippen LogP contribution is 2.54. The van der Waals surface area contributed by atoms with Crippen LogP contribution < -0.4 is 15.4 Å². The number of ether oxygens (including phenoxy) is 3. The van der Waals surface area contributed by atoms with E-state index in [1.165, 1.54) is 38.0 Å². The number of imidazole rings is 2. The number of likely N-dealkylation sites (tertiary alicyclic amines) is 2. The molecule has 2 saturated carbocycles. The molecule has 7 atom stereocenters. The van der Waals surface area contributed by atoms with E-state index in [1.54, 1.807) is 28.6 Å². The van der Waals surface area contributed by atoms with Crippen molar-refractivity contribution in [1.29, 1.82) is 0 Å². The normalized spacial score (nSPS) is 22.1. The number of hydrogen-bond donors (Lipinski definition) is 4. The molecule has 366 valence electrons. The first kappa shape index (κ1) is 45.7. The number of alkyl carbamates (subject to hydrolysis) is 2. The van der Waals surface area contributed by atoms with Crippen LogP contribution in [0.25, 0.3) is 44.7 Å². The summed E-state index contributed by atoms with van der Waals surface area (Å²) in [5.74, 6) is 1.67. The van der Waals surface area contributed by atoms with Crippen molar-refractivity contribution in [3.63, 3.8) is 0 Å². The third kappa shape index (κ3) is 8.26. The molecule has 4 fully saturated rings. The molecule has 70 heavy (non-hydrogen) atoms. The minimum absolute atomic E-state index is 0.109. The fourth-order valence-corrected chi connectivity index (χ4v) is 12.1. The number of fused-ring (bicyclic) bond motifs is 6. The predicted molar refractivity (Wildman–Crippen MR) is 260 cm³/mol. The highest BCUT2D eigenvalue weighted by molar-refractivity contribution is 7.12. The van der Waals surface area contributed by atoms with Gasteiger partial charge in [0.1, 0.15) is 35.3 Å². The number of H-pyrrole nitrogens is 2. The second-order valence-electron chi connectivity index (χ2n) is 20.3. The molecule has 2 aromatic carbocycles. The van der Waals surface area contributed by atoms with Crippen LogP contribution in [0, 0.1) is 29.5 Å². The summed E-state index contributed by atoms with van der Waals surface area (Å²) in [7, 11) is 2.56. The molecule has 6 aromatic rings. The lowest BCUT2D eigenvalue weighted by Gasteiger charge is -2.31. The molecular weight excluding hydrogens is 914 g/mol. The number of nitrogens with zero attached hydrogens (tertiary/aromatic N) is 5. The van der Waals surface area contributed by atoms with Crippen LogP contribution in [0.5, 0.6) is 5.75 Å². The maximum Gasteiger partial charge on any atom is 0.407 e. The van der Waals surface area contributed by atoms with Crippen molar-refractivity contribution in [2.45, 2.75) is 109 Å². The first-order valence-electron chi connectivity index (χ1n) is 24.4. The molecule has 3 aliphatic heterocycles. The van der Waals surface area contributed by atoms with Gasteiger partial charge in [0.25, 0.3) is 0 Å². The van der Waals surface area contributed by atoms with Gasteiger partial charge in [-0.1, -0.05) is 33.8 Å². The number of carbonyl (C=O) groups excluding carboxylic acids is 4. The summed E-state index contributed by atoms with van der Waals surface area (Å²) in [6.45, 7) is 8.08. The number of methoxy groups -OCH3 is 2. The van der Waals surface area contributed by atoms with Crippen molar-refractivity contribution in [3.8, 4) is 39.5 Å². The standard InChI is InChI=1S/C52H58FN9O7S/c1-25(2)44(58-51(65)67-5)48(63)60-15-7-8-37(60)46-54-24-35(57-46)29-18-33(53)43-39-20-30-17-28(11-13-36(30)62(39)50(69-41(43)22-29)42-14-12-32(70-42)16-27-9-10-27)34-23-55-47(56-34)40-21-31-19-38(31)61(40)49(64)45(26(3)4)59-52(66)68-6/h11-14,17-18,20,22-27,31,37-38,40,44-45,50H,7-10,15-16,19,21H2,1-6H3,(H,54,57)(H,55,56)(H,58,65)(H,59,66)/t31-,37+,38-,40+,44+,45+,50?/m1/s1. The van der Waals surface area contributed by atoms with Crippen LogP contribution in [0.3, 0.4) is 0 Å². The van der Waals surface area contributed by atoms with Crippen molar-refractivity contribution >= 4 is 46.2 Å². The third-order valence-corrected chi connectivity index (χ3v) is 16.0. The maximum absolute atomic E-state index is 17.0. The van der Waals surface area contributed by atoms with Crippen LogP contribution in [0.15, 0.2) is 60.9 Å². The zero-order valence-corrected chi connectivity index (χ0v) is 40.9. The van der Waals surface area contributed by atoms with Crippen LogP contribution in [-0.4, -0.2) is 97.2 Å². The molecule has 16 nitrogen and oxygen atoms in total. The number of aromatic nitrogens is 5. The van der Waals surface area contributed by atoms with Gasteiger partial charge in [0.15, 0.2) is 0 Å². The molecule has 0 bridgehead atoms. The second-order valence-corrected chi connectivity index (χ2v) is 21.5. The van der Waals surface area contributed by atoms with Gasteiger partial charge in [-0.3, -0.25) is 14.2 Å². The second kappa shape index (κ2) is 17.9. The Bertz CT molecular complexity index is 3020. The fraction of sp³-hybridized carbons (Fsp3) is 0.462. The van der Waals surface area contributed by atoms with E-state index in [0.717, 1.165) is 52.7 Å². The minimum Gasteiger partial charge on any atom is -0.464 e. The topological polar surface area (TPSA) is 189 Å². The Kier molecular flexibility index (Phi) is 11.7. The van der Waals surface area contributed by atoms with Gasteiger partial charge >= 0.3 is 12.2 Å². The minimum atomic E-state index is -0.768. The molecule has 0 spiro atoms. The number of rotatable bonds is 13. The van der Waals surface area contributed by atoms with Crippen LogP contribution in [0.4, 0.5) is 14.0 Å². The smallest absolute Gasteiger partial charge is 0.407 e. The van der Waals surface area contributed by atoms with Crippen LogP contribution in [0.2, 0.25) is 0 Å². The molecule has 7 heterocycles. The number of nitrogens with one attached hydrogen (secondary N) is 4. The van der Waals surface area contributed by atoms with Crippen molar-refractivity contribution in [2.24, 2.45) is 23.7 Å². The highest BCUT2D eigenvalue weighted by atomic mass is 32.1. The van der Waals surface area contributed by atoms with E-state index in [0.29, 0.717) is 64.7 Å². The van der Waals surface area contributed by atoms with E-state index in [2.05, 4.69) is 43.4 Å². The highest BCUT2D eigenvalue weighted by Gasteiger charge is 2.56. The average Bonchev–Trinajstić information content (AvgIpc) is 3.81. The molecule has 2 aliphatic carbocycles. The average molecular weight is 972 g/mol. The van der Waals surface area contributed by atoms with Crippen LogP contribution in [-0.2, 0) is 25.5 Å². The summed E-state index contributed by atoms with van der Waals surface area (Å²) in [4.78, 5) is 74.7. The van der Waals surface area contributed by atoms with E-state index in [1.807, 2.05) is 56.9 Å². The number of carbonyl (C=O) groups is 4. The summed E-state index contributed by atoms with van der Waals surface area (Å²) in [6, 6.07) is 13.9. The van der Waals surface area contributed by atoms with Gasteiger partial charge in [-0.15, -0.1) is 11.3 Å². The largest absolute Gasteiger partial charge is 0.464 e. The zero-order valence-electron chi connectivity index (χ0n) is 40.1. The van der Waals surface area contributed by atoms with Crippen molar-refractivity contribution in [1.82, 2.24) is 44.9 Å². The van der Waals surface area contributed by atoms with E-state index in [4.69, 9.17) is 24.2 Å². The summed E-state index contributed by atoms with van der Waals surface area (Å²) < 4.78 is 35.7. The van der Waals surface area contributed by atoms with Gasteiger partial charge in [0, 0.05) is 34.0 Å². The van der Waals surface area contributed by atoms with Crippen molar-refractivity contribution < 1.29 is 37.8 Å². The zero-order chi connectivity index (χ0) is 48.7. The summed E-state index contributed by atoms with van der Waals surface area (Å²) in [5, 5.41) is 6.34. The van der Waals surface area contributed by atoms with Gasteiger partial charge in [-0.05, 0) is 111 Å². The Balaban J connectivity index is 0.909. The molecular formula is C52H58FN9O7S. The Hall–Kier alpha value is -6.69. The fourth-order valence-electron chi connectivity index (χ4n) is 10.9. The Morgan fingerprint density at radius 1 is 0.829 bits per heavy atom. The molecule has 4 amide bonds. The molecule has 5 aliphatic rings. The van der Waals surface area contributed by atoms with E-state index < -0.39 is 36.3 Å². The van der Waals surface area contributed by atoms with Crippen molar-refractivity contribution in [3.05, 3.63) is 88.1 Å². The third-order valence-electron chi connectivity index (χ3n) is 14.9. The molecule has 2 saturated heterocycles. The number of halogens is 1.